The van der Waals surface area contributed by atoms with Crippen LogP contribution >= 0.6 is 0 Å². The first-order valence-corrected chi connectivity index (χ1v) is 8.17. The van der Waals surface area contributed by atoms with Gasteiger partial charge in [0, 0.05) is 38.0 Å². The van der Waals surface area contributed by atoms with E-state index < -0.39 is 36.0 Å². The number of likely N-dealkylation sites (N-methyl/N-ethyl adjacent to an activating group) is 1. The fourth-order valence-electron chi connectivity index (χ4n) is 3.52. The van der Waals surface area contributed by atoms with Gasteiger partial charge in [0.05, 0.1) is 6.54 Å². The number of hydrogen-bond donors (Lipinski definition) is 2. The van der Waals surface area contributed by atoms with Gasteiger partial charge in [-0.15, -0.1) is 0 Å². The zero-order valence-electron chi connectivity index (χ0n) is 13.8. The van der Waals surface area contributed by atoms with Crippen LogP contribution in [-0.4, -0.2) is 48.3 Å². The van der Waals surface area contributed by atoms with Crippen molar-refractivity contribution < 1.29 is 22.8 Å². The summed E-state index contributed by atoms with van der Waals surface area (Å²) in [5, 5.41) is 5.59. The van der Waals surface area contributed by atoms with Crippen LogP contribution in [0.25, 0.3) is 0 Å². The number of amides is 2. The smallest absolute Gasteiger partial charge is 0.249 e. The molecule has 1 unspecified atom stereocenters. The molecule has 2 fully saturated rings. The van der Waals surface area contributed by atoms with E-state index in [0.717, 1.165) is 0 Å². The first-order valence-electron chi connectivity index (χ1n) is 8.17. The molecule has 1 aliphatic carbocycles. The topological polar surface area (TPSA) is 61.4 Å². The number of anilines is 1. The van der Waals surface area contributed by atoms with Crippen molar-refractivity contribution in [1.82, 2.24) is 10.2 Å². The number of rotatable bonds is 4. The fourth-order valence-corrected chi connectivity index (χ4v) is 3.52. The van der Waals surface area contributed by atoms with E-state index in [0.29, 0.717) is 12.1 Å². The Morgan fingerprint density at radius 2 is 2.00 bits per heavy atom. The highest BCUT2D eigenvalue weighted by molar-refractivity contribution is 5.91. The summed E-state index contributed by atoms with van der Waals surface area (Å²) >= 11 is 0. The SMILES string of the molecule is CNC(=O)C1(Nc2cccc(F)c2)CCN(C(=O)C2CC(F)(F)C2)C1. The van der Waals surface area contributed by atoms with Crippen molar-refractivity contribution >= 4 is 17.5 Å². The van der Waals surface area contributed by atoms with E-state index in [4.69, 9.17) is 0 Å². The molecule has 1 aromatic carbocycles. The molecule has 1 heterocycles. The van der Waals surface area contributed by atoms with Gasteiger partial charge in [0.2, 0.25) is 17.7 Å². The molecular formula is C17H20F3N3O2. The van der Waals surface area contributed by atoms with Crippen molar-refractivity contribution in [2.24, 2.45) is 5.92 Å². The summed E-state index contributed by atoms with van der Waals surface area (Å²) in [5.74, 6) is -4.58. The summed E-state index contributed by atoms with van der Waals surface area (Å²) in [6.45, 7) is 0.348. The molecule has 1 atom stereocenters. The maximum absolute atomic E-state index is 13.4. The third kappa shape index (κ3) is 3.43. The normalized spacial score (nSPS) is 25.4. The summed E-state index contributed by atoms with van der Waals surface area (Å²) in [7, 11) is 1.48. The molecule has 1 saturated heterocycles. The van der Waals surface area contributed by atoms with Gasteiger partial charge in [0.1, 0.15) is 11.4 Å². The summed E-state index contributed by atoms with van der Waals surface area (Å²) in [5.41, 5.74) is -0.683. The molecule has 0 bridgehead atoms. The predicted octanol–water partition coefficient (Wildman–Crippen LogP) is 2.00. The number of nitrogens with zero attached hydrogens (tertiary/aromatic N) is 1. The molecule has 5 nitrogen and oxygen atoms in total. The predicted molar refractivity (Wildman–Crippen MR) is 85.7 cm³/mol. The molecule has 1 aliphatic heterocycles. The molecule has 0 spiro atoms. The molecule has 3 rings (SSSR count). The Labute approximate surface area is 143 Å². The summed E-state index contributed by atoms with van der Waals surface area (Å²) < 4.78 is 39.4. The number of alkyl halides is 2. The highest BCUT2D eigenvalue weighted by Gasteiger charge is 2.53. The zero-order valence-corrected chi connectivity index (χ0v) is 13.8. The first kappa shape index (κ1) is 17.6. The van der Waals surface area contributed by atoms with Gasteiger partial charge in [0.25, 0.3) is 0 Å². The standard InChI is InChI=1S/C17H20F3N3O2/c1-21-15(25)16(22-13-4-2-3-12(18)7-13)5-6-23(10-16)14(24)11-8-17(19,20)9-11/h2-4,7,11,22H,5-6,8-10H2,1H3,(H,21,25). The number of halogens is 3. The van der Waals surface area contributed by atoms with Crippen molar-refractivity contribution in [3.8, 4) is 0 Å². The lowest BCUT2D eigenvalue weighted by Gasteiger charge is -2.36. The molecule has 0 aromatic heterocycles. The van der Waals surface area contributed by atoms with Crippen LogP contribution < -0.4 is 10.6 Å². The number of likely N-dealkylation sites (tertiary alicyclic amines) is 1. The highest BCUT2D eigenvalue weighted by atomic mass is 19.3. The van der Waals surface area contributed by atoms with Crippen molar-refractivity contribution in [2.75, 3.05) is 25.5 Å². The minimum absolute atomic E-state index is 0.0596. The fraction of sp³-hybridized carbons (Fsp3) is 0.529. The molecule has 2 aliphatic rings. The molecule has 8 heteroatoms. The maximum Gasteiger partial charge on any atom is 0.249 e. The van der Waals surface area contributed by atoms with Gasteiger partial charge in [-0.05, 0) is 24.6 Å². The maximum atomic E-state index is 13.4. The van der Waals surface area contributed by atoms with E-state index in [9.17, 15) is 22.8 Å². The van der Waals surface area contributed by atoms with Crippen molar-refractivity contribution in [2.45, 2.75) is 30.7 Å². The van der Waals surface area contributed by atoms with E-state index >= 15 is 0 Å². The Kier molecular flexibility index (Phi) is 4.38. The van der Waals surface area contributed by atoms with Crippen molar-refractivity contribution in [3.05, 3.63) is 30.1 Å². The lowest BCUT2D eigenvalue weighted by Crippen LogP contribution is -2.55. The largest absolute Gasteiger partial charge is 0.370 e. The molecule has 1 aromatic rings. The van der Waals surface area contributed by atoms with Crippen molar-refractivity contribution in [3.63, 3.8) is 0 Å². The molecule has 2 amide bonds. The molecule has 1 saturated carbocycles. The van der Waals surface area contributed by atoms with E-state index in [-0.39, 0.29) is 24.9 Å². The second-order valence-electron chi connectivity index (χ2n) is 6.77. The Bertz CT molecular complexity index is 689. The van der Waals surface area contributed by atoms with E-state index in [1.165, 1.54) is 30.1 Å². The quantitative estimate of drug-likeness (QED) is 0.869. The molecule has 2 N–H and O–H groups in total. The molecular weight excluding hydrogens is 335 g/mol. The second kappa shape index (κ2) is 6.24. The Balaban J connectivity index is 1.74. The molecule has 0 radical (unpaired) electrons. The number of benzene rings is 1. The Morgan fingerprint density at radius 1 is 1.28 bits per heavy atom. The van der Waals surface area contributed by atoms with Gasteiger partial charge < -0.3 is 15.5 Å². The number of nitrogens with one attached hydrogen (secondary N) is 2. The van der Waals surface area contributed by atoms with E-state index in [2.05, 4.69) is 10.6 Å². The van der Waals surface area contributed by atoms with Gasteiger partial charge in [-0.1, -0.05) is 6.07 Å². The third-order valence-corrected chi connectivity index (χ3v) is 4.89. The van der Waals surface area contributed by atoms with E-state index in [1.807, 2.05) is 0 Å². The van der Waals surface area contributed by atoms with Crippen LogP contribution in [0.3, 0.4) is 0 Å². The number of carbonyl (C=O) groups excluding carboxylic acids is 2. The van der Waals surface area contributed by atoms with Gasteiger partial charge in [-0.25, -0.2) is 13.2 Å². The van der Waals surface area contributed by atoms with Crippen LogP contribution in [-0.2, 0) is 9.59 Å². The average Bonchev–Trinajstić information content (AvgIpc) is 2.96. The molecule has 136 valence electrons. The minimum atomic E-state index is -2.77. The van der Waals surface area contributed by atoms with Crippen LogP contribution in [0.15, 0.2) is 24.3 Å². The van der Waals surface area contributed by atoms with Crippen LogP contribution in [0.4, 0.5) is 18.9 Å². The van der Waals surface area contributed by atoms with Gasteiger partial charge in [-0.2, -0.15) is 0 Å². The van der Waals surface area contributed by atoms with Crippen LogP contribution in [0.5, 0.6) is 0 Å². The van der Waals surface area contributed by atoms with Crippen LogP contribution in [0.1, 0.15) is 19.3 Å². The number of carbonyl (C=O) groups is 2. The number of hydrogen-bond acceptors (Lipinski definition) is 3. The Hall–Kier alpha value is -2.25. The lowest BCUT2D eigenvalue weighted by atomic mass is 9.80. The van der Waals surface area contributed by atoms with E-state index in [1.54, 1.807) is 6.07 Å². The first-order chi connectivity index (χ1) is 11.7. The monoisotopic (exact) mass is 355 g/mol. The van der Waals surface area contributed by atoms with Gasteiger partial charge in [0.15, 0.2) is 0 Å². The zero-order chi connectivity index (χ0) is 18.2. The van der Waals surface area contributed by atoms with Gasteiger partial charge in [-0.3, -0.25) is 9.59 Å². The minimum Gasteiger partial charge on any atom is -0.370 e. The molecule has 25 heavy (non-hydrogen) atoms. The highest BCUT2D eigenvalue weighted by Crippen LogP contribution is 2.44. The summed E-state index contributed by atoms with van der Waals surface area (Å²) in [6, 6.07) is 5.70. The lowest BCUT2D eigenvalue weighted by molar-refractivity contribution is -0.159. The second-order valence-corrected chi connectivity index (χ2v) is 6.77. The summed E-state index contributed by atoms with van der Waals surface area (Å²) in [4.78, 5) is 26.3. The van der Waals surface area contributed by atoms with Gasteiger partial charge >= 0.3 is 0 Å². The Morgan fingerprint density at radius 3 is 2.60 bits per heavy atom. The van der Waals surface area contributed by atoms with Crippen LogP contribution in [0.2, 0.25) is 0 Å². The summed E-state index contributed by atoms with van der Waals surface area (Å²) in [6.07, 6.45) is -0.558. The third-order valence-electron chi connectivity index (χ3n) is 4.89. The van der Waals surface area contributed by atoms with Crippen molar-refractivity contribution in [1.29, 1.82) is 0 Å². The van der Waals surface area contributed by atoms with Crippen LogP contribution in [0, 0.1) is 11.7 Å². The average molecular weight is 355 g/mol.